The Morgan fingerprint density at radius 2 is 0.860 bits per heavy atom. The van der Waals surface area contributed by atoms with E-state index in [1.54, 1.807) is 0 Å². The molecule has 0 bridgehead atoms. The van der Waals surface area contributed by atoms with Crippen molar-refractivity contribution in [1.82, 2.24) is 9.97 Å². The van der Waals surface area contributed by atoms with Crippen molar-refractivity contribution in [3.8, 4) is 67.3 Å². The lowest BCUT2D eigenvalue weighted by atomic mass is 9.91. The van der Waals surface area contributed by atoms with E-state index in [4.69, 9.17) is 9.97 Å². The molecule has 0 saturated carbocycles. The van der Waals surface area contributed by atoms with Gasteiger partial charge in [0, 0.05) is 36.9 Å². The summed E-state index contributed by atoms with van der Waals surface area (Å²) in [4.78, 5) is 10.6. The maximum atomic E-state index is 5.33. The third-order valence-corrected chi connectivity index (χ3v) is 12.3. The van der Waals surface area contributed by atoms with Crippen LogP contribution in [0.4, 0.5) is 0 Å². The Hall–Kier alpha value is -7.20. The van der Waals surface area contributed by atoms with Gasteiger partial charge in [-0.3, -0.25) is 0 Å². The summed E-state index contributed by atoms with van der Waals surface area (Å²) in [6.45, 7) is 0. The standard InChI is InChI=1S/C54H34N2S/c1-3-13-35(14-4-1)38-25-26-40-30-41(28-27-39(40)29-38)50-34-51(56-54(55-50)37-16-5-2-6-17-37)44-32-42(46-21-11-18-36-15-7-8-19-45(36)46)31-43(33-44)47-22-12-23-49-48-20-9-10-24-52(48)57-53(47)49/h1-34H. The third-order valence-electron chi connectivity index (χ3n) is 11.0. The van der Waals surface area contributed by atoms with Crippen molar-refractivity contribution in [3.63, 3.8) is 0 Å². The van der Waals surface area contributed by atoms with Gasteiger partial charge in [-0.1, -0.05) is 164 Å². The number of hydrogen-bond acceptors (Lipinski definition) is 3. The predicted octanol–water partition coefficient (Wildman–Crippen LogP) is 15.2. The Kier molecular flexibility index (Phi) is 8.04. The number of fused-ring (bicyclic) bond motifs is 5. The maximum Gasteiger partial charge on any atom is 0.160 e. The first-order valence-electron chi connectivity index (χ1n) is 19.3. The first-order valence-corrected chi connectivity index (χ1v) is 20.1. The highest BCUT2D eigenvalue weighted by atomic mass is 32.1. The fraction of sp³-hybridized carbons (Fsp3) is 0. The van der Waals surface area contributed by atoms with E-state index in [1.165, 1.54) is 64.0 Å². The summed E-state index contributed by atoms with van der Waals surface area (Å²) in [7, 11) is 0. The molecule has 0 radical (unpaired) electrons. The zero-order chi connectivity index (χ0) is 37.7. The number of hydrogen-bond donors (Lipinski definition) is 0. The fourth-order valence-corrected chi connectivity index (χ4v) is 9.45. The van der Waals surface area contributed by atoms with Gasteiger partial charge in [0.15, 0.2) is 5.82 Å². The first-order chi connectivity index (χ1) is 28.2. The predicted molar refractivity (Wildman–Crippen MR) is 243 cm³/mol. The molecule has 0 spiro atoms. The van der Waals surface area contributed by atoms with Crippen LogP contribution in [0.25, 0.3) is 109 Å². The van der Waals surface area contributed by atoms with Gasteiger partial charge >= 0.3 is 0 Å². The summed E-state index contributed by atoms with van der Waals surface area (Å²) in [5, 5.41) is 7.39. The van der Waals surface area contributed by atoms with Crippen LogP contribution < -0.4 is 0 Å². The summed E-state index contributed by atoms with van der Waals surface area (Å²) in [5.74, 6) is 0.700. The summed E-state index contributed by atoms with van der Waals surface area (Å²) in [6.07, 6.45) is 0. The molecule has 2 nitrogen and oxygen atoms in total. The van der Waals surface area contributed by atoms with Gasteiger partial charge in [0.2, 0.25) is 0 Å². The number of benzene rings is 9. The van der Waals surface area contributed by atoms with Gasteiger partial charge in [-0.2, -0.15) is 0 Å². The number of thiophene rings is 1. The molecule has 0 N–H and O–H groups in total. The fourth-order valence-electron chi connectivity index (χ4n) is 8.21. The summed E-state index contributed by atoms with van der Waals surface area (Å²) in [5.41, 5.74) is 12.0. The molecule has 0 aliphatic rings. The molecule has 0 aliphatic heterocycles. The minimum atomic E-state index is 0.700. The lowest BCUT2D eigenvalue weighted by Crippen LogP contribution is -1.97. The monoisotopic (exact) mass is 742 g/mol. The van der Waals surface area contributed by atoms with Crippen molar-refractivity contribution >= 4 is 53.1 Å². The molecule has 3 heteroatoms. The number of nitrogens with zero attached hydrogens (tertiary/aromatic N) is 2. The average Bonchev–Trinajstić information content (AvgIpc) is 3.68. The second kappa shape index (κ2) is 13.8. The molecule has 9 aromatic carbocycles. The number of rotatable bonds is 6. The van der Waals surface area contributed by atoms with Crippen molar-refractivity contribution < 1.29 is 0 Å². The zero-order valence-corrected chi connectivity index (χ0v) is 31.7. The zero-order valence-electron chi connectivity index (χ0n) is 30.9. The Balaban J connectivity index is 1.13. The Morgan fingerprint density at radius 3 is 1.67 bits per heavy atom. The van der Waals surface area contributed by atoms with Gasteiger partial charge in [-0.05, 0) is 97.4 Å². The van der Waals surface area contributed by atoms with Crippen LogP contribution in [0.5, 0.6) is 0 Å². The van der Waals surface area contributed by atoms with Crippen LogP contribution in [0.2, 0.25) is 0 Å². The Bertz CT molecular complexity index is 3290. The van der Waals surface area contributed by atoms with Crippen molar-refractivity contribution in [3.05, 3.63) is 206 Å². The highest BCUT2D eigenvalue weighted by Crippen LogP contribution is 2.43. The molecule has 0 aliphatic carbocycles. The van der Waals surface area contributed by atoms with Crippen molar-refractivity contribution in [2.45, 2.75) is 0 Å². The van der Waals surface area contributed by atoms with Crippen LogP contribution in [0, 0.1) is 0 Å². The van der Waals surface area contributed by atoms with Crippen molar-refractivity contribution in [1.29, 1.82) is 0 Å². The normalized spacial score (nSPS) is 11.5. The first kappa shape index (κ1) is 33.2. The molecule has 0 atom stereocenters. The van der Waals surface area contributed by atoms with E-state index in [0.29, 0.717) is 5.82 Å². The van der Waals surface area contributed by atoms with Gasteiger partial charge < -0.3 is 0 Å². The van der Waals surface area contributed by atoms with Crippen molar-refractivity contribution in [2.24, 2.45) is 0 Å². The van der Waals surface area contributed by atoms with Gasteiger partial charge in [0.1, 0.15) is 0 Å². The van der Waals surface area contributed by atoms with Crippen LogP contribution in [0.3, 0.4) is 0 Å². The van der Waals surface area contributed by atoms with Crippen LogP contribution >= 0.6 is 11.3 Å². The summed E-state index contributed by atoms with van der Waals surface area (Å²) in [6, 6.07) is 74.1. The van der Waals surface area contributed by atoms with E-state index in [2.05, 4.69) is 200 Å². The van der Waals surface area contributed by atoms with E-state index in [1.807, 2.05) is 17.4 Å². The molecule has 0 unspecified atom stereocenters. The minimum absolute atomic E-state index is 0.700. The van der Waals surface area contributed by atoms with Crippen LogP contribution in [-0.2, 0) is 0 Å². The lowest BCUT2D eigenvalue weighted by Gasteiger charge is -2.15. The van der Waals surface area contributed by atoms with Crippen LogP contribution in [0.1, 0.15) is 0 Å². The molecule has 0 saturated heterocycles. The van der Waals surface area contributed by atoms with Gasteiger partial charge in [0.05, 0.1) is 11.4 Å². The summed E-state index contributed by atoms with van der Waals surface area (Å²) >= 11 is 1.86. The average molecular weight is 743 g/mol. The van der Waals surface area contributed by atoms with Crippen LogP contribution in [-0.4, -0.2) is 9.97 Å². The molecular weight excluding hydrogens is 709 g/mol. The van der Waals surface area contributed by atoms with E-state index < -0.39 is 0 Å². The van der Waals surface area contributed by atoms with Gasteiger partial charge in [0.25, 0.3) is 0 Å². The second-order valence-corrected chi connectivity index (χ2v) is 15.6. The third kappa shape index (κ3) is 6.06. The smallest absolute Gasteiger partial charge is 0.160 e. The Morgan fingerprint density at radius 1 is 0.298 bits per heavy atom. The molecule has 11 aromatic rings. The Labute approximate surface area is 335 Å². The van der Waals surface area contributed by atoms with Crippen molar-refractivity contribution in [2.75, 3.05) is 0 Å². The van der Waals surface area contributed by atoms with E-state index >= 15 is 0 Å². The summed E-state index contributed by atoms with van der Waals surface area (Å²) < 4.78 is 2.59. The van der Waals surface area contributed by atoms with Crippen LogP contribution in [0.15, 0.2) is 206 Å². The molecule has 11 rings (SSSR count). The number of aromatic nitrogens is 2. The highest BCUT2D eigenvalue weighted by Gasteiger charge is 2.17. The highest BCUT2D eigenvalue weighted by molar-refractivity contribution is 7.26. The molecular formula is C54H34N2S. The topological polar surface area (TPSA) is 25.8 Å². The molecule has 2 heterocycles. The molecule has 57 heavy (non-hydrogen) atoms. The SMILES string of the molecule is c1ccc(-c2ccc3cc(-c4cc(-c5cc(-c6cccc7ccccc67)cc(-c6cccc7c6sc6ccccc67)c5)nc(-c5ccccc5)n4)ccc3c2)cc1. The second-order valence-electron chi connectivity index (χ2n) is 14.6. The molecule has 0 fully saturated rings. The quantitative estimate of drug-likeness (QED) is 0.170. The molecule has 0 amide bonds. The van der Waals surface area contributed by atoms with E-state index in [9.17, 15) is 0 Å². The maximum absolute atomic E-state index is 5.33. The van der Waals surface area contributed by atoms with E-state index in [0.717, 1.165) is 39.2 Å². The molecule has 2 aromatic heterocycles. The largest absolute Gasteiger partial charge is 0.228 e. The molecule has 266 valence electrons. The van der Waals surface area contributed by atoms with Gasteiger partial charge in [-0.25, -0.2) is 9.97 Å². The lowest BCUT2D eigenvalue weighted by molar-refractivity contribution is 1.18. The van der Waals surface area contributed by atoms with E-state index in [-0.39, 0.29) is 0 Å². The van der Waals surface area contributed by atoms with Gasteiger partial charge in [-0.15, -0.1) is 11.3 Å². The minimum Gasteiger partial charge on any atom is -0.228 e.